The number of allylic oxidation sites excluding steroid dienone is 1. The number of benzene rings is 1. The molecule has 0 bridgehead atoms. The molecule has 0 radical (unpaired) electrons. The quantitative estimate of drug-likeness (QED) is 0.744. The van der Waals surface area contributed by atoms with Gasteiger partial charge in [0.2, 0.25) is 0 Å². The monoisotopic (exact) mass is 175 g/mol. The fourth-order valence-electron chi connectivity index (χ4n) is 1.43. The van der Waals surface area contributed by atoms with Gasteiger partial charge in [0.25, 0.3) is 0 Å². The van der Waals surface area contributed by atoms with Crippen LogP contribution in [0.15, 0.2) is 30.3 Å². The Hall–Kier alpha value is -1.24. The van der Waals surface area contributed by atoms with Crippen molar-refractivity contribution in [1.82, 2.24) is 5.32 Å². The lowest BCUT2D eigenvalue weighted by Crippen LogP contribution is -2.05. The molecule has 1 N–H and O–H groups in total. The Morgan fingerprint density at radius 1 is 1.38 bits per heavy atom. The fourth-order valence-corrected chi connectivity index (χ4v) is 1.43. The number of nitrogens with one attached hydrogen (secondary N) is 1. The van der Waals surface area contributed by atoms with Crippen molar-refractivity contribution < 1.29 is 0 Å². The first kappa shape index (κ1) is 9.85. The van der Waals surface area contributed by atoms with E-state index in [4.69, 9.17) is 0 Å². The predicted molar refractivity (Wildman–Crippen MR) is 58.5 cm³/mol. The SMILES string of the molecule is CC/C=C(\NC)c1ccccc1C. The van der Waals surface area contributed by atoms with Gasteiger partial charge in [-0.05, 0) is 18.9 Å². The molecule has 0 unspecified atom stereocenters. The van der Waals surface area contributed by atoms with E-state index in [9.17, 15) is 0 Å². The van der Waals surface area contributed by atoms with E-state index in [2.05, 4.69) is 49.5 Å². The summed E-state index contributed by atoms with van der Waals surface area (Å²) in [5.74, 6) is 0. The van der Waals surface area contributed by atoms with E-state index in [0.717, 1.165) is 6.42 Å². The number of aryl methyl sites for hydroxylation is 1. The third-order valence-electron chi connectivity index (χ3n) is 2.11. The van der Waals surface area contributed by atoms with E-state index < -0.39 is 0 Å². The van der Waals surface area contributed by atoms with Crippen LogP contribution >= 0.6 is 0 Å². The molecule has 13 heavy (non-hydrogen) atoms. The van der Waals surface area contributed by atoms with Crippen LogP contribution in [0.1, 0.15) is 24.5 Å². The first-order valence-corrected chi connectivity index (χ1v) is 4.73. The van der Waals surface area contributed by atoms with Gasteiger partial charge in [-0.25, -0.2) is 0 Å². The Morgan fingerprint density at radius 2 is 2.08 bits per heavy atom. The van der Waals surface area contributed by atoms with Gasteiger partial charge in [0.05, 0.1) is 0 Å². The summed E-state index contributed by atoms with van der Waals surface area (Å²) in [4.78, 5) is 0. The van der Waals surface area contributed by atoms with Crippen molar-refractivity contribution in [3.63, 3.8) is 0 Å². The molecule has 0 aliphatic carbocycles. The minimum atomic E-state index is 1.06. The highest BCUT2D eigenvalue weighted by molar-refractivity contribution is 5.66. The summed E-state index contributed by atoms with van der Waals surface area (Å²) in [7, 11) is 1.97. The first-order chi connectivity index (χ1) is 6.29. The molecule has 0 aromatic heterocycles. The van der Waals surface area contributed by atoms with Crippen molar-refractivity contribution in [3.05, 3.63) is 41.5 Å². The molecule has 1 rings (SSSR count). The highest BCUT2D eigenvalue weighted by atomic mass is 14.8. The van der Waals surface area contributed by atoms with Gasteiger partial charge in [-0.1, -0.05) is 37.3 Å². The number of rotatable bonds is 3. The molecule has 0 saturated carbocycles. The summed E-state index contributed by atoms with van der Waals surface area (Å²) < 4.78 is 0. The van der Waals surface area contributed by atoms with E-state index in [-0.39, 0.29) is 0 Å². The molecular formula is C12H17N. The van der Waals surface area contributed by atoms with E-state index in [1.54, 1.807) is 0 Å². The zero-order valence-corrected chi connectivity index (χ0v) is 8.59. The van der Waals surface area contributed by atoms with Crippen LogP contribution in [0.2, 0.25) is 0 Å². The third-order valence-corrected chi connectivity index (χ3v) is 2.11. The van der Waals surface area contributed by atoms with E-state index in [0.29, 0.717) is 0 Å². The van der Waals surface area contributed by atoms with Crippen LogP contribution in [0.25, 0.3) is 5.70 Å². The van der Waals surface area contributed by atoms with Crippen molar-refractivity contribution >= 4 is 5.70 Å². The maximum absolute atomic E-state index is 3.22. The summed E-state index contributed by atoms with van der Waals surface area (Å²) in [5, 5.41) is 3.22. The van der Waals surface area contributed by atoms with Gasteiger partial charge in [0, 0.05) is 18.3 Å². The highest BCUT2D eigenvalue weighted by Crippen LogP contribution is 2.15. The Kier molecular flexibility index (Phi) is 3.56. The standard InChI is InChI=1S/C12H17N/c1-4-7-12(13-3)11-9-6-5-8-10(11)2/h5-9,13H,4H2,1-3H3/b12-7-. The Balaban J connectivity index is 3.05. The average Bonchev–Trinajstić information content (AvgIpc) is 2.16. The molecular weight excluding hydrogens is 158 g/mol. The molecule has 1 nitrogen and oxygen atoms in total. The fraction of sp³-hybridized carbons (Fsp3) is 0.333. The van der Waals surface area contributed by atoms with Crippen LogP contribution in [-0.2, 0) is 0 Å². The normalized spacial score (nSPS) is 11.5. The first-order valence-electron chi connectivity index (χ1n) is 4.73. The van der Waals surface area contributed by atoms with Gasteiger partial charge in [-0.15, -0.1) is 0 Å². The van der Waals surface area contributed by atoms with Gasteiger partial charge < -0.3 is 5.32 Å². The minimum absolute atomic E-state index is 1.06. The number of hydrogen-bond acceptors (Lipinski definition) is 1. The summed E-state index contributed by atoms with van der Waals surface area (Å²) in [6.07, 6.45) is 3.27. The summed E-state index contributed by atoms with van der Waals surface area (Å²) in [5.41, 5.74) is 3.84. The van der Waals surface area contributed by atoms with Crippen LogP contribution in [0, 0.1) is 6.92 Å². The molecule has 1 aromatic rings. The average molecular weight is 175 g/mol. The summed E-state index contributed by atoms with van der Waals surface area (Å²) in [6, 6.07) is 8.42. The second kappa shape index (κ2) is 4.70. The van der Waals surface area contributed by atoms with Gasteiger partial charge in [0.15, 0.2) is 0 Å². The van der Waals surface area contributed by atoms with E-state index in [1.807, 2.05) is 7.05 Å². The van der Waals surface area contributed by atoms with Crippen LogP contribution < -0.4 is 5.32 Å². The Labute approximate surface area is 80.5 Å². The van der Waals surface area contributed by atoms with Crippen LogP contribution in [-0.4, -0.2) is 7.05 Å². The predicted octanol–water partition coefficient (Wildman–Crippen LogP) is 2.97. The highest BCUT2D eigenvalue weighted by Gasteiger charge is 2.00. The second-order valence-corrected chi connectivity index (χ2v) is 3.09. The second-order valence-electron chi connectivity index (χ2n) is 3.09. The smallest absolute Gasteiger partial charge is 0.0373 e. The summed E-state index contributed by atoms with van der Waals surface area (Å²) >= 11 is 0. The molecule has 70 valence electrons. The molecule has 0 atom stereocenters. The van der Waals surface area contributed by atoms with Crippen LogP contribution in [0.5, 0.6) is 0 Å². The van der Waals surface area contributed by atoms with Crippen molar-refractivity contribution in [2.24, 2.45) is 0 Å². The topological polar surface area (TPSA) is 12.0 Å². The zero-order valence-electron chi connectivity index (χ0n) is 8.59. The molecule has 1 heteroatoms. The Morgan fingerprint density at radius 3 is 2.62 bits per heavy atom. The molecule has 0 heterocycles. The molecule has 0 saturated heterocycles. The molecule has 0 fully saturated rings. The largest absolute Gasteiger partial charge is 0.388 e. The molecule has 1 aromatic carbocycles. The van der Waals surface area contributed by atoms with Crippen LogP contribution in [0.3, 0.4) is 0 Å². The molecule has 0 aliphatic heterocycles. The molecule has 0 spiro atoms. The van der Waals surface area contributed by atoms with E-state index >= 15 is 0 Å². The maximum atomic E-state index is 3.22. The molecule has 0 aliphatic rings. The third kappa shape index (κ3) is 2.35. The number of hydrogen-bond donors (Lipinski definition) is 1. The van der Waals surface area contributed by atoms with Crippen molar-refractivity contribution in [3.8, 4) is 0 Å². The lowest BCUT2D eigenvalue weighted by molar-refractivity contribution is 1.09. The van der Waals surface area contributed by atoms with Crippen molar-refractivity contribution in [2.75, 3.05) is 7.05 Å². The summed E-state index contributed by atoms with van der Waals surface area (Å²) in [6.45, 7) is 4.28. The Bertz CT molecular complexity index is 300. The lowest BCUT2D eigenvalue weighted by atomic mass is 10.1. The maximum Gasteiger partial charge on any atom is 0.0373 e. The van der Waals surface area contributed by atoms with Gasteiger partial charge in [-0.2, -0.15) is 0 Å². The van der Waals surface area contributed by atoms with E-state index in [1.165, 1.54) is 16.8 Å². The molecule has 0 amide bonds. The zero-order chi connectivity index (χ0) is 9.68. The van der Waals surface area contributed by atoms with Crippen molar-refractivity contribution in [1.29, 1.82) is 0 Å². The minimum Gasteiger partial charge on any atom is -0.388 e. The van der Waals surface area contributed by atoms with Crippen molar-refractivity contribution in [2.45, 2.75) is 20.3 Å². The van der Waals surface area contributed by atoms with Gasteiger partial charge >= 0.3 is 0 Å². The van der Waals surface area contributed by atoms with Gasteiger partial charge in [-0.3, -0.25) is 0 Å². The van der Waals surface area contributed by atoms with Gasteiger partial charge in [0.1, 0.15) is 0 Å². The van der Waals surface area contributed by atoms with Crippen LogP contribution in [0.4, 0.5) is 0 Å². The lowest BCUT2D eigenvalue weighted by Gasteiger charge is -2.09.